The van der Waals surface area contributed by atoms with Crippen LogP contribution in [0.5, 0.6) is 0 Å². The van der Waals surface area contributed by atoms with Gasteiger partial charge in [-0.15, -0.1) is 0 Å². The van der Waals surface area contributed by atoms with Crippen molar-refractivity contribution in [2.24, 2.45) is 5.92 Å². The number of sulfonamides is 1. The summed E-state index contributed by atoms with van der Waals surface area (Å²) in [4.78, 5) is 12.3. The number of hydrogen-bond donors (Lipinski definition) is 2. The molecule has 6 nitrogen and oxygen atoms in total. The fourth-order valence-electron chi connectivity index (χ4n) is 2.56. The fraction of sp³-hybridized carbons (Fsp3) is 0.353. The Hall–Kier alpha value is -1.54. The molecule has 140 valence electrons. The Morgan fingerprint density at radius 1 is 1.31 bits per heavy atom. The van der Waals surface area contributed by atoms with E-state index < -0.39 is 15.9 Å². The molecule has 1 aromatic carbocycles. The fourth-order valence-corrected chi connectivity index (χ4v) is 4.41. The van der Waals surface area contributed by atoms with Crippen LogP contribution in [0, 0.1) is 5.92 Å². The quantitative estimate of drug-likeness (QED) is 0.721. The highest BCUT2D eigenvalue weighted by atomic mass is 35.5. The minimum absolute atomic E-state index is 0.00591. The highest BCUT2D eigenvalue weighted by molar-refractivity contribution is 7.89. The Balaban J connectivity index is 1.83. The largest absolute Gasteiger partial charge is 0.468 e. The van der Waals surface area contributed by atoms with E-state index in [2.05, 4.69) is 10.0 Å². The van der Waals surface area contributed by atoms with Crippen LogP contribution in [0.15, 0.2) is 39.8 Å². The van der Waals surface area contributed by atoms with Crippen LogP contribution in [0.3, 0.4) is 0 Å². The molecule has 0 saturated heterocycles. The number of amides is 1. The van der Waals surface area contributed by atoms with Crippen molar-refractivity contribution in [3.63, 3.8) is 0 Å². The van der Waals surface area contributed by atoms with E-state index in [0.717, 1.165) is 12.8 Å². The van der Waals surface area contributed by atoms with Crippen molar-refractivity contribution in [1.82, 2.24) is 10.0 Å². The van der Waals surface area contributed by atoms with Crippen LogP contribution in [-0.4, -0.2) is 20.4 Å². The van der Waals surface area contributed by atoms with Gasteiger partial charge in [0.2, 0.25) is 10.0 Å². The number of carbonyl (C=O) groups is 1. The van der Waals surface area contributed by atoms with Crippen LogP contribution in [-0.2, 0) is 16.6 Å². The van der Waals surface area contributed by atoms with E-state index >= 15 is 0 Å². The van der Waals surface area contributed by atoms with Gasteiger partial charge >= 0.3 is 0 Å². The lowest BCUT2D eigenvalue weighted by Crippen LogP contribution is -2.34. The zero-order valence-electron chi connectivity index (χ0n) is 14.0. The van der Waals surface area contributed by atoms with Gasteiger partial charge in [0.05, 0.1) is 28.4 Å². The molecule has 3 rings (SSSR count). The van der Waals surface area contributed by atoms with Crippen LogP contribution in [0.2, 0.25) is 10.0 Å². The maximum absolute atomic E-state index is 12.6. The van der Waals surface area contributed by atoms with Gasteiger partial charge in [-0.1, -0.05) is 23.2 Å². The van der Waals surface area contributed by atoms with Gasteiger partial charge in [0.25, 0.3) is 5.91 Å². The second-order valence-electron chi connectivity index (χ2n) is 6.27. The van der Waals surface area contributed by atoms with Crippen LogP contribution < -0.4 is 10.0 Å². The maximum Gasteiger partial charge on any atom is 0.253 e. The van der Waals surface area contributed by atoms with Gasteiger partial charge in [0.15, 0.2) is 0 Å². The van der Waals surface area contributed by atoms with Crippen molar-refractivity contribution in [2.75, 3.05) is 0 Å². The average molecular weight is 417 g/mol. The van der Waals surface area contributed by atoms with Gasteiger partial charge in [-0.3, -0.25) is 4.79 Å². The van der Waals surface area contributed by atoms with Gasteiger partial charge in [-0.25, -0.2) is 13.1 Å². The first-order valence-corrected chi connectivity index (χ1v) is 10.3. The van der Waals surface area contributed by atoms with E-state index in [1.54, 1.807) is 12.1 Å². The van der Waals surface area contributed by atoms with Gasteiger partial charge < -0.3 is 9.73 Å². The predicted molar refractivity (Wildman–Crippen MR) is 98.8 cm³/mol. The zero-order chi connectivity index (χ0) is 18.9. The van der Waals surface area contributed by atoms with Crippen molar-refractivity contribution in [2.45, 2.75) is 37.2 Å². The number of benzene rings is 1. The number of halogens is 2. The van der Waals surface area contributed by atoms with Gasteiger partial charge in [0, 0.05) is 6.04 Å². The number of furan rings is 1. The number of carbonyl (C=O) groups excluding carboxylic acids is 1. The molecular weight excluding hydrogens is 399 g/mol. The van der Waals surface area contributed by atoms with Gasteiger partial charge in [-0.2, -0.15) is 0 Å². The van der Waals surface area contributed by atoms with E-state index in [-0.39, 0.29) is 33.1 Å². The van der Waals surface area contributed by atoms with E-state index in [0.29, 0.717) is 11.7 Å². The van der Waals surface area contributed by atoms with Crippen molar-refractivity contribution >= 4 is 39.1 Å². The van der Waals surface area contributed by atoms with Gasteiger partial charge in [0.1, 0.15) is 10.7 Å². The van der Waals surface area contributed by atoms with Crippen molar-refractivity contribution in [3.8, 4) is 0 Å². The molecule has 1 heterocycles. The summed E-state index contributed by atoms with van der Waals surface area (Å²) in [6.45, 7) is 1.89. The summed E-state index contributed by atoms with van der Waals surface area (Å²) in [5, 5.41) is 2.89. The first-order chi connectivity index (χ1) is 12.3. The average Bonchev–Trinajstić information content (AvgIpc) is 3.29. The summed E-state index contributed by atoms with van der Waals surface area (Å²) in [5.41, 5.74) is 0.0712. The Labute approximate surface area is 161 Å². The van der Waals surface area contributed by atoms with E-state index in [1.165, 1.54) is 18.4 Å². The Bertz CT molecular complexity index is 909. The minimum atomic E-state index is -3.95. The van der Waals surface area contributed by atoms with Crippen molar-refractivity contribution in [3.05, 3.63) is 51.9 Å². The van der Waals surface area contributed by atoms with Crippen LogP contribution in [0.25, 0.3) is 0 Å². The number of hydrogen-bond acceptors (Lipinski definition) is 4. The topological polar surface area (TPSA) is 88.4 Å². The Kier molecular flexibility index (Phi) is 5.62. The molecule has 1 aliphatic rings. The highest BCUT2D eigenvalue weighted by Crippen LogP contribution is 2.33. The second-order valence-corrected chi connectivity index (χ2v) is 8.82. The molecule has 2 aromatic rings. The normalized spacial score (nSPS) is 15.7. The molecule has 1 amide bonds. The van der Waals surface area contributed by atoms with E-state index in [1.807, 2.05) is 6.92 Å². The molecule has 1 aliphatic carbocycles. The summed E-state index contributed by atoms with van der Waals surface area (Å²) in [5.74, 6) is 0.492. The molecule has 2 N–H and O–H groups in total. The summed E-state index contributed by atoms with van der Waals surface area (Å²) in [7, 11) is -3.95. The predicted octanol–water partition coefficient (Wildman–Crippen LogP) is 3.59. The van der Waals surface area contributed by atoms with E-state index in [4.69, 9.17) is 27.6 Å². The first kappa shape index (κ1) is 19.2. The van der Waals surface area contributed by atoms with Crippen molar-refractivity contribution < 1.29 is 17.6 Å². The second kappa shape index (κ2) is 7.60. The molecule has 0 aliphatic heterocycles. The third-order valence-corrected chi connectivity index (χ3v) is 6.44. The molecule has 1 atom stereocenters. The molecule has 1 aromatic heterocycles. The molecule has 9 heteroatoms. The van der Waals surface area contributed by atoms with E-state index in [9.17, 15) is 13.2 Å². The molecule has 0 spiro atoms. The smallest absolute Gasteiger partial charge is 0.253 e. The minimum Gasteiger partial charge on any atom is -0.468 e. The lowest BCUT2D eigenvalue weighted by molar-refractivity contribution is 0.0936. The van der Waals surface area contributed by atoms with Crippen LogP contribution in [0.1, 0.15) is 35.9 Å². The SMILES string of the molecule is C[C@H](NC(=O)c1cc(S(=O)(=O)NCc2ccco2)c(Cl)cc1Cl)C1CC1. The molecule has 0 radical (unpaired) electrons. The molecule has 0 bridgehead atoms. The number of rotatable bonds is 7. The standard InChI is InChI=1S/C17H18Cl2N2O4S/c1-10(11-4-5-11)21-17(22)13-7-16(15(19)8-14(13)18)26(23,24)20-9-12-3-2-6-25-12/h2-3,6-8,10-11,20H,4-5,9H2,1H3,(H,21,22)/t10-/m0/s1. The van der Waals surface area contributed by atoms with Crippen molar-refractivity contribution in [1.29, 1.82) is 0 Å². The van der Waals surface area contributed by atoms with Gasteiger partial charge in [-0.05, 0) is 49.9 Å². The molecule has 0 unspecified atom stereocenters. The summed E-state index contributed by atoms with van der Waals surface area (Å²) in [6.07, 6.45) is 3.60. The summed E-state index contributed by atoms with van der Waals surface area (Å²) in [6, 6.07) is 5.77. The third kappa shape index (κ3) is 4.40. The molecule has 1 fully saturated rings. The molecule has 26 heavy (non-hydrogen) atoms. The lowest BCUT2D eigenvalue weighted by Gasteiger charge is -2.15. The van der Waals surface area contributed by atoms with Crippen LogP contribution >= 0.6 is 23.2 Å². The molecular formula is C17H18Cl2N2O4S. The summed E-state index contributed by atoms with van der Waals surface area (Å²) < 4.78 is 32.6. The summed E-state index contributed by atoms with van der Waals surface area (Å²) >= 11 is 12.2. The lowest BCUT2D eigenvalue weighted by atomic mass is 10.1. The Morgan fingerprint density at radius 3 is 2.65 bits per heavy atom. The molecule has 1 saturated carbocycles. The Morgan fingerprint density at radius 2 is 2.04 bits per heavy atom. The highest BCUT2D eigenvalue weighted by Gasteiger charge is 2.30. The number of nitrogens with one attached hydrogen (secondary N) is 2. The maximum atomic E-state index is 12.6. The van der Waals surface area contributed by atoms with Crippen LogP contribution in [0.4, 0.5) is 0 Å². The zero-order valence-corrected chi connectivity index (χ0v) is 16.3. The monoisotopic (exact) mass is 416 g/mol. The first-order valence-electron chi connectivity index (χ1n) is 8.10. The third-order valence-electron chi connectivity index (χ3n) is 4.26.